The van der Waals surface area contributed by atoms with E-state index < -0.39 is 0 Å². The Morgan fingerprint density at radius 2 is 2.07 bits per heavy atom. The van der Waals surface area contributed by atoms with Gasteiger partial charge in [0.25, 0.3) is 0 Å². The van der Waals surface area contributed by atoms with Gasteiger partial charge < -0.3 is 10.5 Å². The molecule has 2 fully saturated rings. The van der Waals surface area contributed by atoms with E-state index in [1.165, 1.54) is 12.8 Å². The maximum Gasteiger partial charge on any atom is 0.0968 e. The Hall–Kier alpha value is -0.610. The van der Waals surface area contributed by atoms with Crippen molar-refractivity contribution in [1.82, 2.24) is 4.90 Å². The van der Waals surface area contributed by atoms with Crippen LogP contribution in [-0.4, -0.2) is 50.1 Å². The van der Waals surface area contributed by atoms with E-state index in [0.29, 0.717) is 5.92 Å². The van der Waals surface area contributed by atoms with Crippen molar-refractivity contribution in [3.05, 3.63) is 0 Å². The molecule has 0 aromatic heterocycles. The second kappa shape index (κ2) is 4.75. The Kier molecular flexibility index (Phi) is 3.37. The van der Waals surface area contributed by atoms with Crippen LogP contribution in [0, 0.1) is 5.92 Å². The smallest absolute Gasteiger partial charge is 0.0968 e. The number of hydrogen-bond donors (Lipinski definition) is 1. The molecule has 0 unspecified atom stereocenters. The normalized spacial score (nSPS) is 25.3. The lowest BCUT2D eigenvalue weighted by atomic mass is 10.4. The van der Waals surface area contributed by atoms with Crippen LogP contribution in [0.3, 0.4) is 0 Å². The van der Waals surface area contributed by atoms with Crippen molar-refractivity contribution in [3.63, 3.8) is 0 Å². The fourth-order valence-electron chi connectivity index (χ4n) is 1.65. The first-order valence-corrected chi connectivity index (χ1v) is 5.46. The van der Waals surface area contributed by atoms with Crippen molar-refractivity contribution in [2.45, 2.75) is 12.8 Å². The highest BCUT2D eigenvalue weighted by Gasteiger charge is 2.25. The van der Waals surface area contributed by atoms with E-state index in [-0.39, 0.29) is 0 Å². The molecule has 0 radical (unpaired) electrons. The van der Waals surface area contributed by atoms with Gasteiger partial charge in [0.1, 0.15) is 0 Å². The molecule has 2 aliphatic rings. The summed E-state index contributed by atoms with van der Waals surface area (Å²) < 4.78 is 5.27. The fourth-order valence-corrected chi connectivity index (χ4v) is 1.65. The van der Waals surface area contributed by atoms with Gasteiger partial charge in [-0.3, -0.25) is 9.89 Å². The molecule has 1 saturated carbocycles. The molecule has 0 aromatic rings. The fraction of sp³-hybridized carbons (Fsp3) is 0.900. The first kappa shape index (κ1) is 9.93. The van der Waals surface area contributed by atoms with Crippen LogP contribution in [0.2, 0.25) is 0 Å². The topological polar surface area (TPSA) is 50.8 Å². The highest BCUT2D eigenvalue weighted by Crippen LogP contribution is 2.28. The lowest BCUT2D eigenvalue weighted by Crippen LogP contribution is -2.38. The lowest BCUT2D eigenvalue weighted by Gasteiger charge is -2.25. The molecule has 0 aromatic carbocycles. The minimum absolute atomic E-state index is 0.611. The summed E-state index contributed by atoms with van der Waals surface area (Å²) in [6.07, 6.45) is 2.49. The molecule has 1 heterocycles. The van der Waals surface area contributed by atoms with Gasteiger partial charge in [-0.1, -0.05) is 0 Å². The number of nitrogens with zero attached hydrogens (tertiary/aromatic N) is 2. The molecule has 2 rings (SSSR count). The van der Waals surface area contributed by atoms with E-state index in [2.05, 4.69) is 9.89 Å². The van der Waals surface area contributed by atoms with E-state index in [9.17, 15) is 0 Å². The Morgan fingerprint density at radius 3 is 2.71 bits per heavy atom. The van der Waals surface area contributed by atoms with E-state index in [4.69, 9.17) is 10.5 Å². The van der Waals surface area contributed by atoms with Gasteiger partial charge in [0, 0.05) is 25.6 Å². The minimum Gasteiger partial charge on any atom is -0.387 e. The zero-order valence-electron chi connectivity index (χ0n) is 8.61. The van der Waals surface area contributed by atoms with Crippen molar-refractivity contribution in [2.75, 3.05) is 39.4 Å². The third kappa shape index (κ3) is 2.96. The molecular weight excluding hydrogens is 178 g/mol. The first-order chi connectivity index (χ1) is 6.86. The Labute approximate surface area is 85.1 Å². The van der Waals surface area contributed by atoms with Gasteiger partial charge in [-0.25, -0.2) is 0 Å². The average Bonchev–Trinajstić information content (AvgIpc) is 3.02. The van der Waals surface area contributed by atoms with Gasteiger partial charge in [0.15, 0.2) is 0 Å². The molecule has 1 saturated heterocycles. The number of ether oxygens (including phenoxy) is 1. The van der Waals surface area contributed by atoms with Crippen LogP contribution in [0.1, 0.15) is 12.8 Å². The highest BCUT2D eigenvalue weighted by atomic mass is 16.5. The molecule has 1 aliphatic heterocycles. The predicted molar refractivity (Wildman–Crippen MR) is 56.5 cm³/mol. The lowest BCUT2D eigenvalue weighted by molar-refractivity contribution is 0.0394. The van der Waals surface area contributed by atoms with Gasteiger partial charge >= 0.3 is 0 Å². The van der Waals surface area contributed by atoms with Crippen LogP contribution in [-0.2, 0) is 4.74 Å². The van der Waals surface area contributed by atoms with Gasteiger partial charge in [-0.05, 0) is 12.8 Å². The number of nitrogens with two attached hydrogens (primary N) is 1. The first-order valence-electron chi connectivity index (χ1n) is 5.46. The van der Waals surface area contributed by atoms with Gasteiger partial charge in [-0.2, -0.15) is 0 Å². The number of amidine groups is 1. The monoisotopic (exact) mass is 197 g/mol. The Balaban J connectivity index is 1.63. The molecule has 4 nitrogen and oxygen atoms in total. The summed E-state index contributed by atoms with van der Waals surface area (Å²) in [6, 6.07) is 0. The molecule has 0 amide bonds. The van der Waals surface area contributed by atoms with Crippen molar-refractivity contribution in [2.24, 2.45) is 16.6 Å². The van der Waals surface area contributed by atoms with E-state index in [1.54, 1.807) is 0 Å². The van der Waals surface area contributed by atoms with Crippen LogP contribution in [0.4, 0.5) is 0 Å². The Morgan fingerprint density at radius 1 is 1.36 bits per heavy atom. The standard InChI is InChI=1S/C10H19N3O/c11-10(9-1-2-9)12-3-4-13-5-7-14-8-6-13/h9H,1-8H2,(H2,11,12). The van der Waals surface area contributed by atoms with Gasteiger partial charge in [-0.15, -0.1) is 0 Å². The summed E-state index contributed by atoms with van der Waals surface area (Å²) in [5.74, 6) is 1.48. The zero-order valence-corrected chi connectivity index (χ0v) is 8.61. The molecule has 0 bridgehead atoms. The summed E-state index contributed by atoms with van der Waals surface area (Å²) in [5, 5.41) is 0. The largest absolute Gasteiger partial charge is 0.387 e. The summed E-state index contributed by atoms with van der Waals surface area (Å²) in [6.45, 7) is 5.68. The summed E-state index contributed by atoms with van der Waals surface area (Å²) >= 11 is 0. The van der Waals surface area contributed by atoms with Crippen molar-refractivity contribution in [3.8, 4) is 0 Å². The summed E-state index contributed by atoms with van der Waals surface area (Å²) in [7, 11) is 0. The van der Waals surface area contributed by atoms with E-state index in [0.717, 1.165) is 45.2 Å². The minimum atomic E-state index is 0.611. The highest BCUT2D eigenvalue weighted by molar-refractivity contribution is 5.84. The van der Waals surface area contributed by atoms with Crippen LogP contribution in [0.5, 0.6) is 0 Å². The van der Waals surface area contributed by atoms with Crippen LogP contribution >= 0.6 is 0 Å². The van der Waals surface area contributed by atoms with Crippen molar-refractivity contribution >= 4 is 5.84 Å². The number of rotatable bonds is 4. The molecular formula is C10H19N3O. The molecule has 80 valence electrons. The van der Waals surface area contributed by atoms with Gasteiger partial charge in [0.05, 0.1) is 25.6 Å². The van der Waals surface area contributed by atoms with Crippen LogP contribution in [0.25, 0.3) is 0 Å². The number of hydrogen-bond acceptors (Lipinski definition) is 3. The quantitative estimate of drug-likeness (QED) is 0.513. The molecule has 2 N–H and O–H groups in total. The second-order valence-corrected chi connectivity index (χ2v) is 4.03. The third-order valence-electron chi connectivity index (χ3n) is 2.81. The molecule has 1 aliphatic carbocycles. The number of morpholine rings is 1. The van der Waals surface area contributed by atoms with Crippen molar-refractivity contribution < 1.29 is 4.74 Å². The molecule has 4 heteroatoms. The molecule has 0 spiro atoms. The third-order valence-corrected chi connectivity index (χ3v) is 2.81. The number of aliphatic imine (C=N–C) groups is 1. The predicted octanol–water partition coefficient (Wildman–Crippen LogP) is 0.0858. The van der Waals surface area contributed by atoms with Crippen molar-refractivity contribution in [1.29, 1.82) is 0 Å². The SMILES string of the molecule is NC(=NCCN1CCOCC1)C1CC1. The maximum absolute atomic E-state index is 5.80. The Bertz CT molecular complexity index is 207. The summed E-state index contributed by atoms with van der Waals surface area (Å²) in [4.78, 5) is 6.77. The second-order valence-electron chi connectivity index (χ2n) is 4.03. The van der Waals surface area contributed by atoms with Gasteiger partial charge in [0.2, 0.25) is 0 Å². The average molecular weight is 197 g/mol. The summed E-state index contributed by atoms with van der Waals surface area (Å²) in [5.41, 5.74) is 5.80. The van der Waals surface area contributed by atoms with E-state index in [1.807, 2.05) is 0 Å². The van der Waals surface area contributed by atoms with Crippen LogP contribution in [0.15, 0.2) is 4.99 Å². The molecule has 0 atom stereocenters. The molecule has 14 heavy (non-hydrogen) atoms. The van der Waals surface area contributed by atoms with Crippen LogP contribution < -0.4 is 5.73 Å². The maximum atomic E-state index is 5.80. The van der Waals surface area contributed by atoms with E-state index >= 15 is 0 Å². The zero-order chi connectivity index (χ0) is 9.80.